The number of nitrogens with two attached hydrogens (primary N) is 1. The molecule has 0 bridgehead atoms. The summed E-state index contributed by atoms with van der Waals surface area (Å²) in [6.45, 7) is 3.61. The lowest BCUT2D eigenvalue weighted by Crippen LogP contribution is -3.11. The Morgan fingerprint density at radius 3 is 2.29 bits per heavy atom. The fourth-order valence-corrected chi connectivity index (χ4v) is 3.22. The van der Waals surface area contributed by atoms with Crippen LogP contribution in [0.15, 0.2) is 54.6 Å². The maximum absolute atomic E-state index is 11.2. The number of carbonyl (C=O) groups is 1. The summed E-state index contributed by atoms with van der Waals surface area (Å²) in [4.78, 5) is 12.7. The molecule has 2 aromatic carbocycles. The van der Waals surface area contributed by atoms with Crippen LogP contribution in [-0.4, -0.2) is 19.0 Å². The van der Waals surface area contributed by atoms with Crippen molar-refractivity contribution in [3.8, 4) is 5.75 Å². The minimum absolute atomic E-state index is 0.0718. The Hall–Kier alpha value is -2.33. The summed E-state index contributed by atoms with van der Waals surface area (Å²) in [5.74, 6) is 0.821. The number of carbonyl (C=O) groups excluding carboxylic acids is 1. The van der Waals surface area contributed by atoms with Gasteiger partial charge in [-0.15, -0.1) is 0 Å². The number of quaternary nitrogens is 1. The highest BCUT2D eigenvalue weighted by atomic mass is 16.5. The maximum Gasteiger partial charge on any atom is 0.220 e. The summed E-state index contributed by atoms with van der Waals surface area (Å²) in [5, 5.41) is 0. The standard InChI is InChI=1S/C20H24N2O2/c21-20(23)18-10-12-22(13-11-18)14-16-6-8-19(9-7-16)24-15-17-4-2-1-3-5-17/h1-9,18H,10-15H2,(H2,21,23)/p+1. The van der Waals surface area contributed by atoms with Gasteiger partial charge in [0.25, 0.3) is 0 Å². The first-order valence-electron chi connectivity index (χ1n) is 8.59. The van der Waals surface area contributed by atoms with Gasteiger partial charge in [-0.2, -0.15) is 0 Å². The molecule has 1 saturated heterocycles. The van der Waals surface area contributed by atoms with Gasteiger partial charge in [-0.05, 0) is 29.8 Å². The van der Waals surface area contributed by atoms with Gasteiger partial charge in [0, 0.05) is 24.3 Å². The molecule has 0 atom stereocenters. The van der Waals surface area contributed by atoms with Crippen molar-refractivity contribution in [2.45, 2.75) is 26.0 Å². The van der Waals surface area contributed by atoms with Gasteiger partial charge in [-0.1, -0.05) is 30.3 Å². The van der Waals surface area contributed by atoms with Crippen LogP contribution >= 0.6 is 0 Å². The number of hydrogen-bond acceptors (Lipinski definition) is 2. The Kier molecular flexibility index (Phi) is 5.49. The fraction of sp³-hybridized carbons (Fsp3) is 0.350. The van der Waals surface area contributed by atoms with E-state index in [-0.39, 0.29) is 11.8 Å². The Bertz CT molecular complexity index is 647. The summed E-state index contributed by atoms with van der Waals surface area (Å²) < 4.78 is 5.82. The van der Waals surface area contributed by atoms with Crippen molar-refractivity contribution in [3.05, 3.63) is 65.7 Å². The number of ether oxygens (including phenoxy) is 1. The zero-order chi connectivity index (χ0) is 16.8. The van der Waals surface area contributed by atoms with Gasteiger partial charge >= 0.3 is 0 Å². The molecule has 0 spiro atoms. The van der Waals surface area contributed by atoms with Crippen molar-refractivity contribution in [1.82, 2.24) is 0 Å². The lowest BCUT2D eigenvalue weighted by atomic mass is 9.96. The predicted octanol–water partition coefficient (Wildman–Crippen LogP) is 1.55. The van der Waals surface area contributed by atoms with Gasteiger partial charge in [0.2, 0.25) is 5.91 Å². The molecule has 4 heteroatoms. The highest BCUT2D eigenvalue weighted by Crippen LogP contribution is 2.14. The summed E-state index contributed by atoms with van der Waals surface area (Å²) in [6.07, 6.45) is 1.81. The molecule has 1 fully saturated rings. The Balaban J connectivity index is 1.47. The van der Waals surface area contributed by atoms with Crippen molar-refractivity contribution >= 4 is 5.91 Å². The minimum Gasteiger partial charge on any atom is -0.489 e. The van der Waals surface area contributed by atoms with E-state index in [1.807, 2.05) is 30.3 Å². The van der Waals surface area contributed by atoms with Crippen LogP contribution in [0.25, 0.3) is 0 Å². The topological polar surface area (TPSA) is 56.8 Å². The second-order valence-electron chi connectivity index (χ2n) is 6.52. The summed E-state index contributed by atoms with van der Waals surface area (Å²) in [7, 11) is 0. The SMILES string of the molecule is NC(=O)C1CC[NH+](Cc2ccc(OCc3ccccc3)cc2)CC1. The van der Waals surface area contributed by atoms with Crippen LogP contribution in [0.2, 0.25) is 0 Å². The fourth-order valence-electron chi connectivity index (χ4n) is 3.22. The largest absolute Gasteiger partial charge is 0.489 e. The third kappa shape index (κ3) is 4.59. The van der Waals surface area contributed by atoms with Crippen molar-refractivity contribution in [2.75, 3.05) is 13.1 Å². The summed E-state index contributed by atoms with van der Waals surface area (Å²) in [6, 6.07) is 18.5. The zero-order valence-electron chi connectivity index (χ0n) is 13.9. The van der Waals surface area contributed by atoms with E-state index in [4.69, 9.17) is 10.5 Å². The first-order valence-corrected chi connectivity index (χ1v) is 8.59. The number of likely N-dealkylation sites (tertiary alicyclic amines) is 1. The van der Waals surface area contributed by atoms with E-state index in [2.05, 4.69) is 24.3 Å². The predicted molar refractivity (Wildman–Crippen MR) is 93.5 cm³/mol. The van der Waals surface area contributed by atoms with E-state index in [1.165, 1.54) is 16.0 Å². The van der Waals surface area contributed by atoms with Crippen LogP contribution in [-0.2, 0) is 17.9 Å². The molecule has 1 heterocycles. The smallest absolute Gasteiger partial charge is 0.220 e. The molecule has 126 valence electrons. The van der Waals surface area contributed by atoms with E-state index in [0.29, 0.717) is 6.61 Å². The van der Waals surface area contributed by atoms with Crippen LogP contribution < -0.4 is 15.4 Å². The highest BCUT2D eigenvalue weighted by molar-refractivity contribution is 5.76. The molecule has 0 unspecified atom stereocenters. The minimum atomic E-state index is -0.144. The van der Waals surface area contributed by atoms with E-state index >= 15 is 0 Å². The second kappa shape index (κ2) is 7.97. The molecular formula is C20H25N2O2+. The normalized spacial score (nSPS) is 20.5. The van der Waals surface area contributed by atoms with Gasteiger partial charge in [-0.25, -0.2) is 0 Å². The number of piperidine rings is 1. The highest BCUT2D eigenvalue weighted by Gasteiger charge is 2.25. The van der Waals surface area contributed by atoms with Crippen molar-refractivity contribution in [3.63, 3.8) is 0 Å². The van der Waals surface area contributed by atoms with Crippen LogP contribution in [0.4, 0.5) is 0 Å². The van der Waals surface area contributed by atoms with E-state index in [9.17, 15) is 4.79 Å². The molecule has 0 saturated carbocycles. The average molecular weight is 325 g/mol. The third-order valence-electron chi connectivity index (χ3n) is 4.72. The number of hydrogen-bond donors (Lipinski definition) is 2. The van der Waals surface area contributed by atoms with Gasteiger partial charge in [0.1, 0.15) is 18.9 Å². The van der Waals surface area contributed by atoms with Crippen LogP contribution in [0.5, 0.6) is 5.75 Å². The molecular weight excluding hydrogens is 300 g/mol. The second-order valence-corrected chi connectivity index (χ2v) is 6.52. The molecule has 0 aromatic heterocycles. The molecule has 4 nitrogen and oxygen atoms in total. The Morgan fingerprint density at radius 1 is 1.00 bits per heavy atom. The number of rotatable bonds is 6. The molecule has 1 aliphatic rings. The van der Waals surface area contributed by atoms with Crippen LogP contribution in [0, 0.1) is 5.92 Å². The van der Waals surface area contributed by atoms with Crippen molar-refractivity contribution < 1.29 is 14.4 Å². The van der Waals surface area contributed by atoms with Gasteiger partial charge in [0.05, 0.1) is 13.1 Å². The number of primary amides is 1. The number of benzene rings is 2. The molecule has 1 aliphatic heterocycles. The molecule has 1 amide bonds. The monoisotopic (exact) mass is 325 g/mol. The third-order valence-corrected chi connectivity index (χ3v) is 4.72. The molecule has 0 aliphatic carbocycles. The lowest BCUT2D eigenvalue weighted by Gasteiger charge is -2.27. The first-order chi connectivity index (χ1) is 11.7. The van der Waals surface area contributed by atoms with E-state index in [1.54, 1.807) is 0 Å². The van der Waals surface area contributed by atoms with Gasteiger partial charge in [-0.3, -0.25) is 4.79 Å². The summed E-state index contributed by atoms with van der Waals surface area (Å²) >= 11 is 0. The molecule has 3 N–H and O–H groups in total. The number of nitrogens with one attached hydrogen (secondary N) is 1. The lowest BCUT2D eigenvalue weighted by molar-refractivity contribution is -0.919. The Labute approximate surface area is 143 Å². The van der Waals surface area contributed by atoms with Crippen LogP contribution in [0.1, 0.15) is 24.0 Å². The average Bonchev–Trinajstić information content (AvgIpc) is 2.62. The van der Waals surface area contributed by atoms with Crippen molar-refractivity contribution in [2.24, 2.45) is 11.7 Å². The van der Waals surface area contributed by atoms with Crippen molar-refractivity contribution in [1.29, 1.82) is 0 Å². The molecule has 24 heavy (non-hydrogen) atoms. The maximum atomic E-state index is 11.2. The number of amides is 1. The van der Waals surface area contributed by atoms with Crippen LogP contribution in [0.3, 0.4) is 0 Å². The zero-order valence-corrected chi connectivity index (χ0v) is 13.9. The first kappa shape index (κ1) is 16.5. The van der Waals surface area contributed by atoms with E-state index in [0.717, 1.165) is 38.2 Å². The van der Waals surface area contributed by atoms with E-state index < -0.39 is 0 Å². The quantitative estimate of drug-likeness (QED) is 0.846. The van der Waals surface area contributed by atoms with Gasteiger partial charge in [0.15, 0.2) is 0 Å². The molecule has 3 rings (SSSR count). The molecule has 0 radical (unpaired) electrons. The Morgan fingerprint density at radius 2 is 1.67 bits per heavy atom. The van der Waals surface area contributed by atoms with Gasteiger partial charge < -0.3 is 15.4 Å². The summed E-state index contributed by atoms with van der Waals surface area (Å²) in [5.41, 5.74) is 7.86. The molecule has 2 aromatic rings.